The van der Waals surface area contributed by atoms with E-state index in [0.29, 0.717) is 0 Å². The Bertz CT molecular complexity index is 126. The zero-order valence-electron chi connectivity index (χ0n) is 8.01. The summed E-state index contributed by atoms with van der Waals surface area (Å²) in [5.41, 5.74) is 5.10. The fourth-order valence-electron chi connectivity index (χ4n) is 1.13. The third-order valence-electron chi connectivity index (χ3n) is 1.92. The zero-order chi connectivity index (χ0) is 9.40. The summed E-state index contributed by atoms with van der Waals surface area (Å²) in [5.74, 6) is -0.353. The minimum Gasteiger partial charge on any atom is -0.372 e. The third-order valence-corrected chi connectivity index (χ3v) is 1.92. The van der Waals surface area contributed by atoms with Gasteiger partial charge in [0.05, 0.1) is 0 Å². The number of carbonyl (C=O) groups excluding carboxylic acids is 1. The number of unbranched alkanes of at least 4 members (excludes halogenated alkanes) is 3. The number of hydrogen-bond donors (Lipinski definition) is 1. The van der Waals surface area contributed by atoms with Crippen LogP contribution < -0.4 is 5.73 Å². The first kappa shape index (κ1) is 11.4. The largest absolute Gasteiger partial charge is 0.372 e. The van der Waals surface area contributed by atoms with E-state index in [1.807, 2.05) is 0 Å². The molecule has 1 atom stereocenters. The maximum Gasteiger partial charge on any atom is 0.246 e. The van der Waals surface area contributed by atoms with Crippen molar-refractivity contribution in [3.63, 3.8) is 0 Å². The van der Waals surface area contributed by atoms with E-state index in [0.717, 1.165) is 19.3 Å². The van der Waals surface area contributed by atoms with Crippen molar-refractivity contribution in [1.29, 1.82) is 0 Å². The first-order valence-electron chi connectivity index (χ1n) is 4.54. The smallest absolute Gasteiger partial charge is 0.246 e. The molecule has 0 saturated heterocycles. The number of methoxy groups -OCH3 is 1. The molecule has 0 aromatic heterocycles. The highest BCUT2D eigenvalue weighted by Crippen LogP contribution is 2.06. The Kier molecular flexibility index (Phi) is 6.76. The summed E-state index contributed by atoms with van der Waals surface area (Å²) in [6.07, 6.45) is 4.97. The Morgan fingerprint density at radius 3 is 2.50 bits per heavy atom. The van der Waals surface area contributed by atoms with Gasteiger partial charge in [-0.1, -0.05) is 32.6 Å². The maximum atomic E-state index is 10.7. The molecule has 0 aliphatic heterocycles. The molecule has 2 N–H and O–H groups in total. The van der Waals surface area contributed by atoms with Crippen LogP contribution in [0.25, 0.3) is 0 Å². The lowest BCUT2D eigenvalue weighted by Crippen LogP contribution is -2.29. The van der Waals surface area contributed by atoms with Crippen molar-refractivity contribution >= 4 is 5.91 Å². The van der Waals surface area contributed by atoms with Crippen LogP contribution in [0.5, 0.6) is 0 Å². The van der Waals surface area contributed by atoms with Crippen LogP contribution in [0.2, 0.25) is 0 Å². The molecule has 3 nitrogen and oxygen atoms in total. The summed E-state index contributed by atoms with van der Waals surface area (Å²) in [7, 11) is 1.52. The van der Waals surface area contributed by atoms with E-state index >= 15 is 0 Å². The highest BCUT2D eigenvalue weighted by atomic mass is 16.5. The summed E-state index contributed by atoms with van der Waals surface area (Å²) < 4.78 is 4.92. The summed E-state index contributed by atoms with van der Waals surface area (Å²) in [4.78, 5) is 10.7. The van der Waals surface area contributed by atoms with Crippen molar-refractivity contribution in [2.24, 2.45) is 5.73 Å². The lowest BCUT2D eigenvalue weighted by molar-refractivity contribution is -0.128. The topological polar surface area (TPSA) is 52.3 Å². The molecule has 0 saturated carbocycles. The number of amides is 1. The van der Waals surface area contributed by atoms with Crippen molar-refractivity contribution in [2.75, 3.05) is 7.11 Å². The van der Waals surface area contributed by atoms with Gasteiger partial charge in [0.15, 0.2) is 0 Å². The Labute approximate surface area is 74.3 Å². The second kappa shape index (κ2) is 7.10. The molecule has 0 aromatic rings. The minimum absolute atomic E-state index is 0.353. The SMILES string of the molecule is CCCCCCC(OC)C(N)=O. The fraction of sp³-hybridized carbons (Fsp3) is 0.889. The van der Waals surface area contributed by atoms with Crippen LogP contribution in [0.4, 0.5) is 0 Å². The molecule has 0 heterocycles. The summed E-state index contributed by atoms with van der Waals surface area (Å²) >= 11 is 0. The number of ether oxygens (including phenoxy) is 1. The Morgan fingerprint density at radius 2 is 2.08 bits per heavy atom. The highest BCUT2D eigenvalue weighted by Gasteiger charge is 2.12. The van der Waals surface area contributed by atoms with Crippen LogP contribution in [0.3, 0.4) is 0 Å². The molecule has 1 unspecified atom stereocenters. The Morgan fingerprint density at radius 1 is 1.42 bits per heavy atom. The predicted molar refractivity (Wildman–Crippen MR) is 48.8 cm³/mol. The van der Waals surface area contributed by atoms with Crippen molar-refractivity contribution in [1.82, 2.24) is 0 Å². The molecule has 12 heavy (non-hydrogen) atoms. The van der Waals surface area contributed by atoms with E-state index in [2.05, 4.69) is 6.92 Å². The van der Waals surface area contributed by atoms with Gasteiger partial charge in [-0.2, -0.15) is 0 Å². The van der Waals surface area contributed by atoms with Gasteiger partial charge in [-0.05, 0) is 6.42 Å². The molecule has 0 aromatic carbocycles. The molecular weight excluding hydrogens is 154 g/mol. The Hall–Kier alpha value is -0.570. The normalized spacial score (nSPS) is 12.8. The molecule has 0 bridgehead atoms. The van der Waals surface area contributed by atoms with Gasteiger partial charge >= 0.3 is 0 Å². The zero-order valence-corrected chi connectivity index (χ0v) is 8.01. The van der Waals surface area contributed by atoms with E-state index in [-0.39, 0.29) is 12.0 Å². The standard InChI is InChI=1S/C9H19NO2/c1-3-4-5-6-7-8(12-2)9(10)11/h8H,3-7H2,1-2H3,(H2,10,11). The lowest BCUT2D eigenvalue weighted by Gasteiger charge is -2.10. The van der Waals surface area contributed by atoms with Gasteiger partial charge in [-0.3, -0.25) is 4.79 Å². The molecule has 0 rings (SSSR count). The van der Waals surface area contributed by atoms with Gasteiger partial charge in [-0.25, -0.2) is 0 Å². The second-order valence-corrected chi connectivity index (χ2v) is 2.98. The van der Waals surface area contributed by atoms with E-state index in [9.17, 15) is 4.79 Å². The lowest BCUT2D eigenvalue weighted by atomic mass is 10.1. The molecular formula is C9H19NO2. The van der Waals surface area contributed by atoms with Crippen LogP contribution in [-0.2, 0) is 9.53 Å². The first-order chi connectivity index (χ1) is 5.72. The van der Waals surface area contributed by atoms with Crippen LogP contribution in [-0.4, -0.2) is 19.1 Å². The highest BCUT2D eigenvalue weighted by molar-refractivity contribution is 5.78. The second-order valence-electron chi connectivity index (χ2n) is 2.98. The van der Waals surface area contributed by atoms with E-state index in [1.165, 1.54) is 20.0 Å². The number of hydrogen-bond acceptors (Lipinski definition) is 2. The van der Waals surface area contributed by atoms with Gasteiger partial charge in [0.25, 0.3) is 0 Å². The molecule has 0 fully saturated rings. The van der Waals surface area contributed by atoms with Crippen molar-refractivity contribution < 1.29 is 9.53 Å². The minimum atomic E-state index is -0.387. The monoisotopic (exact) mass is 173 g/mol. The van der Waals surface area contributed by atoms with Crippen LogP contribution >= 0.6 is 0 Å². The van der Waals surface area contributed by atoms with E-state index in [1.54, 1.807) is 0 Å². The van der Waals surface area contributed by atoms with Gasteiger partial charge < -0.3 is 10.5 Å². The number of primary amides is 1. The molecule has 0 radical (unpaired) electrons. The van der Waals surface area contributed by atoms with Gasteiger partial charge in [0.2, 0.25) is 5.91 Å². The quantitative estimate of drug-likeness (QED) is 0.592. The average molecular weight is 173 g/mol. The molecule has 3 heteroatoms. The summed E-state index contributed by atoms with van der Waals surface area (Å²) in [6, 6.07) is 0. The van der Waals surface area contributed by atoms with Gasteiger partial charge in [0.1, 0.15) is 6.10 Å². The van der Waals surface area contributed by atoms with Crippen LogP contribution in [0.15, 0.2) is 0 Å². The molecule has 0 spiro atoms. The van der Waals surface area contributed by atoms with Crippen LogP contribution in [0.1, 0.15) is 39.0 Å². The predicted octanol–water partition coefficient (Wildman–Crippen LogP) is 1.46. The van der Waals surface area contributed by atoms with Crippen molar-refractivity contribution in [2.45, 2.75) is 45.1 Å². The number of carbonyl (C=O) groups is 1. The van der Waals surface area contributed by atoms with Crippen molar-refractivity contribution in [3.8, 4) is 0 Å². The number of nitrogens with two attached hydrogens (primary N) is 1. The van der Waals surface area contributed by atoms with E-state index < -0.39 is 0 Å². The molecule has 0 aliphatic carbocycles. The van der Waals surface area contributed by atoms with Gasteiger partial charge in [0, 0.05) is 7.11 Å². The molecule has 0 aliphatic rings. The summed E-state index contributed by atoms with van der Waals surface area (Å²) in [5, 5.41) is 0. The van der Waals surface area contributed by atoms with Crippen molar-refractivity contribution in [3.05, 3.63) is 0 Å². The molecule has 72 valence electrons. The Balaban J connectivity index is 3.38. The third kappa shape index (κ3) is 5.13. The van der Waals surface area contributed by atoms with Crippen LogP contribution in [0, 0.1) is 0 Å². The average Bonchev–Trinajstić information content (AvgIpc) is 2.04. The number of rotatable bonds is 7. The molecule has 1 amide bonds. The first-order valence-corrected chi connectivity index (χ1v) is 4.54. The fourth-order valence-corrected chi connectivity index (χ4v) is 1.13. The van der Waals surface area contributed by atoms with Gasteiger partial charge in [-0.15, -0.1) is 0 Å². The summed E-state index contributed by atoms with van der Waals surface area (Å²) in [6.45, 7) is 2.15. The maximum absolute atomic E-state index is 10.7. The van der Waals surface area contributed by atoms with E-state index in [4.69, 9.17) is 10.5 Å².